The molecule has 0 radical (unpaired) electrons. The van der Waals surface area contributed by atoms with Crippen LogP contribution in [0.25, 0.3) is 0 Å². The van der Waals surface area contributed by atoms with Crippen molar-refractivity contribution in [1.82, 2.24) is 4.57 Å². The van der Waals surface area contributed by atoms with Gasteiger partial charge in [-0.15, -0.1) is 0 Å². The van der Waals surface area contributed by atoms with Crippen LogP contribution in [0.5, 0.6) is 0 Å². The summed E-state index contributed by atoms with van der Waals surface area (Å²) in [6.45, 7) is 0. The second-order valence-corrected chi connectivity index (χ2v) is 4.28. The Hall–Kier alpha value is -0.320. The highest BCUT2D eigenvalue weighted by Crippen LogP contribution is 2.34. The third-order valence-electron chi connectivity index (χ3n) is 1.29. The number of halogens is 3. The molecule has 1 rings (SSSR count). The highest BCUT2D eigenvalue weighted by molar-refractivity contribution is 9.13. The van der Waals surface area contributed by atoms with Crippen molar-refractivity contribution in [3.05, 3.63) is 19.2 Å². The third-order valence-corrected chi connectivity index (χ3v) is 4.10. The zero-order valence-electron chi connectivity index (χ0n) is 5.84. The topological polar surface area (TPSA) is 68.8 Å². The quantitative estimate of drug-likeness (QED) is 0.698. The molecule has 13 heavy (non-hydrogen) atoms. The molecule has 0 spiro atoms. The molecule has 0 N–H and O–H groups in total. The van der Waals surface area contributed by atoms with Crippen LogP contribution in [0.1, 0.15) is 5.56 Å². The monoisotopic (exact) mass is 369 g/mol. The van der Waals surface area contributed by atoms with Gasteiger partial charge in [-0.1, -0.05) is 0 Å². The molecule has 0 fully saturated rings. The van der Waals surface area contributed by atoms with Crippen molar-refractivity contribution in [2.45, 2.75) is 0 Å². The first-order chi connectivity index (χ1) is 6.00. The Morgan fingerprint density at radius 2 is 1.92 bits per heavy atom. The fourth-order valence-corrected chi connectivity index (χ4v) is 2.83. The van der Waals surface area contributed by atoms with Gasteiger partial charge in [-0.2, -0.15) is 5.26 Å². The van der Waals surface area contributed by atoms with Gasteiger partial charge in [0.15, 0.2) is 0 Å². The largest absolute Gasteiger partial charge is 0.529 e. The van der Waals surface area contributed by atoms with Crippen molar-refractivity contribution in [2.75, 3.05) is 0 Å². The van der Waals surface area contributed by atoms with E-state index in [-0.39, 0.29) is 14.8 Å². The summed E-state index contributed by atoms with van der Waals surface area (Å²) in [5.41, 5.74) is 0.205. The minimum Gasteiger partial charge on any atom is -0.529 e. The number of rotatable bonds is 0. The summed E-state index contributed by atoms with van der Waals surface area (Å²) in [5, 5.41) is 19.2. The van der Waals surface area contributed by atoms with Crippen molar-refractivity contribution < 1.29 is 9.90 Å². The lowest BCUT2D eigenvalue weighted by molar-refractivity contribution is -0.250. The standard InChI is InChI=1S/C6HBr3N2O2/c7-3-2(1-10)4(8)11(5(3)9)6(12)13/h(H,12,13)/p-1. The van der Waals surface area contributed by atoms with Crippen LogP contribution in [-0.2, 0) is 0 Å². The Bertz CT molecular complexity index is 418. The molecule has 0 unspecified atom stereocenters. The van der Waals surface area contributed by atoms with Gasteiger partial charge in [0.1, 0.15) is 26.9 Å². The fourth-order valence-electron chi connectivity index (χ4n) is 0.745. The first kappa shape index (κ1) is 10.8. The minimum atomic E-state index is -1.42. The normalized spacial score (nSPS) is 9.69. The van der Waals surface area contributed by atoms with Crippen molar-refractivity contribution in [3.8, 4) is 6.07 Å². The summed E-state index contributed by atoms with van der Waals surface area (Å²) in [7, 11) is 0. The van der Waals surface area contributed by atoms with E-state index in [4.69, 9.17) is 5.26 Å². The highest BCUT2D eigenvalue weighted by Gasteiger charge is 2.18. The van der Waals surface area contributed by atoms with Gasteiger partial charge in [-0.25, -0.2) is 0 Å². The summed E-state index contributed by atoms with van der Waals surface area (Å²) in [4.78, 5) is 10.6. The molecule has 68 valence electrons. The highest BCUT2D eigenvalue weighted by atomic mass is 79.9. The number of hydrogen-bond donors (Lipinski definition) is 0. The van der Waals surface area contributed by atoms with Crippen LogP contribution in [0.4, 0.5) is 4.79 Å². The maximum atomic E-state index is 10.6. The summed E-state index contributed by atoms with van der Waals surface area (Å²) < 4.78 is 1.57. The van der Waals surface area contributed by atoms with Gasteiger partial charge >= 0.3 is 0 Å². The maximum absolute atomic E-state index is 10.6. The molecule has 1 aromatic heterocycles. The van der Waals surface area contributed by atoms with Crippen molar-refractivity contribution in [2.24, 2.45) is 0 Å². The molecular weight excluding hydrogens is 372 g/mol. The zero-order valence-corrected chi connectivity index (χ0v) is 10.6. The molecule has 1 aromatic rings. The maximum Gasteiger partial charge on any atom is 0.147 e. The molecule has 0 aliphatic heterocycles. The Morgan fingerprint density at radius 3 is 2.15 bits per heavy atom. The van der Waals surface area contributed by atoms with E-state index < -0.39 is 6.09 Å². The SMILES string of the molecule is N#Cc1c(Br)c(Br)n(C(=O)[O-])c1Br. The lowest BCUT2D eigenvalue weighted by Crippen LogP contribution is -2.29. The van der Waals surface area contributed by atoms with Gasteiger partial charge < -0.3 is 9.90 Å². The molecule has 0 aromatic carbocycles. The molecule has 0 aliphatic rings. The van der Waals surface area contributed by atoms with Crippen molar-refractivity contribution in [3.63, 3.8) is 0 Å². The summed E-state index contributed by atoms with van der Waals surface area (Å²) in [5.74, 6) is 0. The van der Waals surface area contributed by atoms with Gasteiger partial charge in [0.25, 0.3) is 0 Å². The first-order valence-electron chi connectivity index (χ1n) is 2.87. The zero-order chi connectivity index (χ0) is 10.2. The van der Waals surface area contributed by atoms with Crippen LogP contribution in [0.15, 0.2) is 13.7 Å². The molecule has 1 heterocycles. The second-order valence-electron chi connectivity index (χ2n) is 1.98. The third kappa shape index (κ3) is 1.66. The number of hydrogen-bond acceptors (Lipinski definition) is 3. The summed E-state index contributed by atoms with van der Waals surface area (Å²) in [6.07, 6.45) is -1.42. The van der Waals surface area contributed by atoms with E-state index in [9.17, 15) is 9.90 Å². The Balaban J connectivity index is 3.57. The van der Waals surface area contributed by atoms with Gasteiger partial charge in [-0.3, -0.25) is 4.57 Å². The van der Waals surface area contributed by atoms with Crippen LogP contribution in [0.3, 0.4) is 0 Å². The average molecular weight is 372 g/mol. The first-order valence-corrected chi connectivity index (χ1v) is 5.25. The predicted molar refractivity (Wildman–Crippen MR) is 53.0 cm³/mol. The Labute approximate surface area is 98.5 Å². The molecule has 4 nitrogen and oxygen atoms in total. The molecule has 0 aliphatic carbocycles. The smallest absolute Gasteiger partial charge is 0.147 e. The fraction of sp³-hybridized carbons (Fsp3) is 0. The molecule has 7 heteroatoms. The molecule has 0 bridgehead atoms. The van der Waals surface area contributed by atoms with Crippen LogP contribution >= 0.6 is 47.8 Å². The van der Waals surface area contributed by atoms with Crippen LogP contribution < -0.4 is 5.11 Å². The van der Waals surface area contributed by atoms with Crippen LogP contribution in [-0.4, -0.2) is 10.7 Å². The van der Waals surface area contributed by atoms with Gasteiger partial charge in [-0.05, 0) is 47.8 Å². The molecule has 0 saturated carbocycles. The Morgan fingerprint density at radius 1 is 1.38 bits per heavy atom. The van der Waals surface area contributed by atoms with Gasteiger partial charge in [0, 0.05) is 0 Å². The van der Waals surface area contributed by atoms with Gasteiger partial charge in [0.2, 0.25) is 0 Å². The van der Waals surface area contributed by atoms with Crippen molar-refractivity contribution >= 4 is 53.9 Å². The minimum absolute atomic E-state index is 0.147. The van der Waals surface area contributed by atoms with Crippen LogP contribution in [0.2, 0.25) is 0 Å². The van der Waals surface area contributed by atoms with E-state index in [1.807, 2.05) is 6.07 Å². The van der Waals surface area contributed by atoms with E-state index in [1.54, 1.807) is 0 Å². The lowest BCUT2D eigenvalue weighted by Gasteiger charge is -2.05. The Kier molecular flexibility index (Phi) is 3.16. The number of carboxylic acid groups (broad SMARTS) is 1. The predicted octanol–water partition coefficient (Wildman–Crippen LogP) is 1.84. The van der Waals surface area contributed by atoms with E-state index >= 15 is 0 Å². The number of nitriles is 1. The number of nitrogens with zero attached hydrogens (tertiary/aromatic N) is 2. The van der Waals surface area contributed by atoms with Crippen molar-refractivity contribution in [1.29, 1.82) is 5.26 Å². The lowest BCUT2D eigenvalue weighted by atomic mass is 10.4. The van der Waals surface area contributed by atoms with Crippen LogP contribution in [0, 0.1) is 11.3 Å². The summed E-state index contributed by atoms with van der Waals surface area (Å²) in [6, 6.07) is 1.84. The molecular formula is C6Br3N2O2-. The number of carbonyl (C=O) groups is 1. The average Bonchev–Trinajstić information content (AvgIpc) is 2.24. The van der Waals surface area contributed by atoms with Gasteiger partial charge in [0.05, 0.1) is 4.47 Å². The van der Waals surface area contributed by atoms with E-state index in [0.29, 0.717) is 4.47 Å². The van der Waals surface area contributed by atoms with E-state index in [0.717, 1.165) is 4.57 Å². The van der Waals surface area contributed by atoms with E-state index in [2.05, 4.69) is 47.8 Å². The molecule has 0 atom stereocenters. The number of aromatic nitrogens is 1. The summed E-state index contributed by atoms with van der Waals surface area (Å²) >= 11 is 9.05. The van der Waals surface area contributed by atoms with E-state index in [1.165, 1.54) is 0 Å². The molecule has 0 saturated heterocycles. The number of carbonyl (C=O) groups excluding carboxylic acids is 1. The second kappa shape index (κ2) is 3.82. The molecule has 0 amide bonds.